The summed E-state index contributed by atoms with van der Waals surface area (Å²) in [6, 6.07) is 0. The van der Waals surface area contributed by atoms with Crippen molar-refractivity contribution >= 4 is 17.5 Å². The van der Waals surface area contributed by atoms with Crippen LogP contribution in [0, 0.1) is 0 Å². The number of hydrogen-bond donors (Lipinski definition) is 1. The van der Waals surface area contributed by atoms with Crippen LogP contribution in [-0.4, -0.2) is 16.5 Å². The molecule has 0 spiro atoms. The van der Waals surface area contributed by atoms with Gasteiger partial charge < -0.3 is 5.32 Å². The minimum Gasteiger partial charge on any atom is -0.354 e. The van der Waals surface area contributed by atoms with Crippen LogP contribution >= 0.6 is 11.6 Å². The van der Waals surface area contributed by atoms with Gasteiger partial charge in [0.25, 0.3) is 0 Å². The minimum absolute atomic E-state index is 0.571. The maximum absolute atomic E-state index is 5.66. The molecule has 0 radical (unpaired) electrons. The average Bonchev–Trinajstić information content (AvgIpc) is 2.21. The predicted octanol–water partition coefficient (Wildman–Crippen LogP) is 3.12. The van der Waals surface area contributed by atoms with E-state index < -0.39 is 0 Å². The fourth-order valence-electron chi connectivity index (χ4n) is 1.16. The number of nitrogens with one attached hydrogen (secondary N) is 1. The lowest BCUT2D eigenvalue weighted by molar-refractivity contribution is 0.683. The summed E-state index contributed by atoms with van der Waals surface area (Å²) in [7, 11) is 0. The normalized spacial score (nSPS) is 10.1. The molecule has 0 saturated carbocycles. The highest BCUT2D eigenvalue weighted by Gasteiger charge is 1.94. The van der Waals surface area contributed by atoms with Crippen LogP contribution in [-0.2, 0) is 0 Å². The summed E-state index contributed by atoms with van der Waals surface area (Å²) in [6.07, 6.45) is 8.18. The lowest BCUT2D eigenvalue weighted by atomic mass is 10.2. The van der Waals surface area contributed by atoms with Gasteiger partial charge in [0, 0.05) is 6.54 Å². The van der Waals surface area contributed by atoms with Crippen molar-refractivity contribution in [2.45, 2.75) is 32.6 Å². The van der Waals surface area contributed by atoms with Gasteiger partial charge in [0.15, 0.2) is 0 Å². The van der Waals surface area contributed by atoms with Crippen molar-refractivity contribution in [3.63, 3.8) is 0 Å². The average molecular weight is 214 g/mol. The third-order valence-corrected chi connectivity index (χ3v) is 2.13. The zero-order chi connectivity index (χ0) is 10.2. The van der Waals surface area contributed by atoms with Gasteiger partial charge in [0.1, 0.15) is 0 Å². The van der Waals surface area contributed by atoms with E-state index in [2.05, 4.69) is 22.2 Å². The molecule has 0 aliphatic rings. The van der Waals surface area contributed by atoms with E-state index in [9.17, 15) is 0 Å². The fraction of sp³-hybridized carbons (Fsp3) is 0.600. The van der Waals surface area contributed by atoms with Gasteiger partial charge >= 0.3 is 0 Å². The minimum atomic E-state index is 0.571. The number of aromatic nitrogens is 2. The topological polar surface area (TPSA) is 37.8 Å². The van der Waals surface area contributed by atoms with Crippen LogP contribution < -0.4 is 5.32 Å². The standard InChI is InChI=1S/C10H16ClN3/c1-2-3-4-5-6-12-10-13-7-9(11)8-14-10/h7-8H,2-6H2,1H3,(H,12,13,14). The van der Waals surface area contributed by atoms with E-state index >= 15 is 0 Å². The molecule has 3 nitrogen and oxygen atoms in total. The number of halogens is 1. The summed E-state index contributed by atoms with van der Waals surface area (Å²) in [5, 5.41) is 3.72. The molecule has 0 amide bonds. The Balaban J connectivity index is 2.15. The first kappa shape index (κ1) is 11.2. The third kappa shape index (κ3) is 4.42. The van der Waals surface area contributed by atoms with Crippen molar-refractivity contribution < 1.29 is 0 Å². The summed E-state index contributed by atoms with van der Waals surface area (Å²) < 4.78 is 0. The summed E-state index contributed by atoms with van der Waals surface area (Å²) in [5.74, 6) is 0.658. The number of anilines is 1. The van der Waals surface area contributed by atoms with E-state index in [1.165, 1.54) is 25.7 Å². The SMILES string of the molecule is CCCCCCNc1ncc(Cl)cn1. The molecule has 0 aliphatic carbocycles. The summed E-state index contributed by atoms with van der Waals surface area (Å²) in [6.45, 7) is 3.14. The van der Waals surface area contributed by atoms with Gasteiger partial charge in [-0.05, 0) is 6.42 Å². The van der Waals surface area contributed by atoms with Gasteiger partial charge in [0.2, 0.25) is 5.95 Å². The highest BCUT2D eigenvalue weighted by Crippen LogP contribution is 2.06. The Kier molecular flexibility index (Phi) is 5.30. The Hall–Kier alpha value is -0.830. The van der Waals surface area contributed by atoms with Crippen LogP contribution in [0.2, 0.25) is 5.02 Å². The van der Waals surface area contributed by atoms with E-state index in [0.717, 1.165) is 6.54 Å². The van der Waals surface area contributed by atoms with Crippen LogP contribution in [0.3, 0.4) is 0 Å². The molecule has 14 heavy (non-hydrogen) atoms. The van der Waals surface area contributed by atoms with Gasteiger partial charge in [-0.3, -0.25) is 0 Å². The van der Waals surface area contributed by atoms with E-state index in [1.807, 2.05) is 0 Å². The Labute approximate surface area is 89.9 Å². The lowest BCUT2D eigenvalue weighted by Crippen LogP contribution is -2.04. The van der Waals surface area contributed by atoms with Gasteiger partial charge in [-0.2, -0.15) is 0 Å². The van der Waals surface area contributed by atoms with Gasteiger partial charge in [-0.15, -0.1) is 0 Å². The molecule has 0 fully saturated rings. The molecular weight excluding hydrogens is 198 g/mol. The largest absolute Gasteiger partial charge is 0.354 e. The van der Waals surface area contributed by atoms with E-state index in [0.29, 0.717) is 11.0 Å². The van der Waals surface area contributed by atoms with Gasteiger partial charge in [-0.25, -0.2) is 9.97 Å². The molecule has 0 atom stereocenters. The summed E-state index contributed by atoms with van der Waals surface area (Å²) in [5.41, 5.74) is 0. The van der Waals surface area contributed by atoms with Crippen molar-refractivity contribution in [2.75, 3.05) is 11.9 Å². The van der Waals surface area contributed by atoms with Crippen molar-refractivity contribution in [3.05, 3.63) is 17.4 Å². The molecule has 78 valence electrons. The van der Waals surface area contributed by atoms with Crippen LogP contribution in [0.25, 0.3) is 0 Å². The molecule has 0 aliphatic heterocycles. The molecule has 1 heterocycles. The number of unbranched alkanes of at least 4 members (excludes halogenated alkanes) is 3. The molecule has 0 unspecified atom stereocenters. The van der Waals surface area contributed by atoms with Crippen LogP contribution in [0.15, 0.2) is 12.4 Å². The molecular formula is C10H16ClN3. The zero-order valence-electron chi connectivity index (χ0n) is 8.46. The molecule has 0 saturated heterocycles. The summed E-state index contributed by atoms with van der Waals surface area (Å²) >= 11 is 5.66. The maximum atomic E-state index is 5.66. The smallest absolute Gasteiger partial charge is 0.222 e. The maximum Gasteiger partial charge on any atom is 0.222 e. The van der Waals surface area contributed by atoms with Gasteiger partial charge in [0.05, 0.1) is 17.4 Å². The highest BCUT2D eigenvalue weighted by atomic mass is 35.5. The van der Waals surface area contributed by atoms with Crippen LogP contribution in [0.5, 0.6) is 0 Å². The van der Waals surface area contributed by atoms with Crippen molar-refractivity contribution in [3.8, 4) is 0 Å². The number of rotatable bonds is 6. The second-order valence-corrected chi connectivity index (χ2v) is 3.65. The Bertz CT molecular complexity index is 248. The first-order valence-electron chi connectivity index (χ1n) is 5.04. The highest BCUT2D eigenvalue weighted by molar-refractivity contribution is 6.30. The van der Waals surface area contributed by atoms with Crippen LogP contribution in [0.4, 0.5) is 5.95 Å². The van der Waals surface area contributed by atoms with E-state index in [1.54, 1.807) is 12.4 Å². The Morgan fingerprint density at radius 1 is 1.21 bits per heavy atom. The molecule has 0 aromatic carbocycles. The second-order valence-electron chi connectivity index (χ2n) is 3.21. The quantitative estimate of drug-likeness (QED) is 0.738. The van der Waals surface area contributed by atoms with Gasteiger partial charge in [-0.1, -0.05) is 37.8 Å². The monoisotopic (exact) mass is 213 g/mol. The first-order valence-corrected chi connectivity index (χ1v) is 5.42. The lowest BCUT2D eigenvalue weighted by Gasteiger charge is -2.03. The molecule has 1 rings (SSSR count). The predicted molar refractivity (Wildman–Crippen MR) is 59.7 cm³/mol. The van der Waals surface area contributed by atoms with Crippen molar-refractivity contribution in [1.82, 2.24) is 9.97 Å². The van der Waals surface area contributed by atoms with Crippen LogP contribution in [0.1, 0.15) is 32.6 Å². The number of hydrogen-bond acceptors (Lipinski definition) is 3. The van der Waals surface area contributed by atoms with Crippen molar-refractivity contribution in [1.29, 1.82) is 0 Å². The molecule has 0 bridgehead atoms. The first-order chi connectivity index (χ1) is 6.83. The Morgan fingerprint density at radius 3 is 2.57 bits per heavy atom. The number of nitrogens with zero attached hydrogens (tertiary/aromatic N) is 2. The molecule has 1 aromatic heterocycles. The summed E-state index contributed by atoms with van der Waals surface area (Å²) in [4.78, 5) is 8.08. The zero-order valence-corrected chi connectivity index (χ0v) is 9.22. The fourth-order valence-corrected chi connectivity index (χ4v) is 1.25. The molecule has 1 aromatic rings. The van der Waals surface area contributed by atoms with E-state index in [4.69, 9.17) is 11.6 Å². The third-order valence-electron chi connectivity index (χ3n) is 1.93. The Morgan fingerprint density at radius 2 is 1.93 bits per heavy atom. The molecule has 4 heteroatoms. The molecule has 1 N–H and O–H groups in total. The van der Waals surface area contributed by atoms with E-state index in [-0.39, 0.29) is 0 Å². The second kappa shape index (κ2) is 6.60. The van der Waals surface area contributed by atoms with Crippen molar-refractivity contribution in [2.24, 2.45) is 0 Å².